The van der Waals surface area contributed by atoms with Crippen molar-refractivity contribution in [2.75, 3.05) is 13.2 Å². The average molecular weight is 803 g/mol. The zero-order valence-corrected chi connectivity index (χ0v) is 38.1. The van der Waals surface area contributed by atoms with Crippen molar-refractivity contribution < 1.29 is 28.6 Å². The number of esters is 3. The van der Waals surface area contributed by atoms with Crippen LogP contribution in [0.15, 0.2) is 24.3 Å². The predicted molar refractivity (Wildman–Crippen MR) is 243 cm³/mol. The van der Waals surface area contributed by atoms with Crippen LogP contribution in [0.2, 0.25) is 0 Å². The molecule has 0 aliphatic heterocycles. The van der Waals surface area contributed by atoms with E-state index in [1.165, 1.54) is 154 Å². The predicted octanol–water partition coefficient (Wildman–Crippen LogP) is 16.0. The number of hydrogen-bond acceptors (Lipinski definition) is 6. The Labute approximate surface area is 353 Å². The topological polar surface area (TPSA) is 78.9 Å². The molecular weight excluding hydrogens is 709 g/mol. The molecule has 0 unspecified atom stereocenters. The van der Waals surface area contributed by atoms with E-state index in [4.69, 9.17) is 14.2 Å². The van der Waals surface area contributed by atoms with Crippen molar-refractivity contribution in [1.82, 2.24) is 0 Å². The minimum Gasteiger partial charge on any atom is -0.462 e. The quantitative estimate of drug-likeness (QED) is 0.0264. The lowest BCUT2D eigenvalue weighted by molar-refractivity contribution is -0.167. The van der Waals surface area contributed by atoms with Crippen LogP contribution in [0.5, 0.6) is 0 Å². The van der Waals surface area contributed by atoms with E-state index in [0.29, 0.717) is 19.3 Å². The van der Waals surface area contributed by atoms with Gasteiger partial charge in [0, 0.05) is 19.3 Å². The molecule has 0 fully saturated rings. The minimum atomic E-state index is -0.771. The molecule has 0 N–H and O–H groups in total. The smallest absolute Gasteiger partial charge is 0.306 e. The molecule has 0 aromatic rings. The van der Waals surface area contributed by atoms with Crippen LogP contribution < -0.4 is 0 Å². The lowest BCUT2D eigenvalue weighted by Gasteiger charge is -2.18. The lowest BCUT2D eigenvalue weighted by Crippen LogP contribution is -2.30. The van der Waals surface area contributed by atoms with E-state index < -0.39 is 6.10 Å². The first kappa shape index (κ1) is 54.9. The molecule has 1 atom stereocenters. The van der Waals surface area contributed by atoms with E-state index in [9.17, 15) is 14.4 Å². The summed E-state index contributed by atoms with van der Waals surface area (Å²) in [7, 11) is 0. The molecule has 0 saturated heterocycles. The highest BCUT2D eigenvalue weighted by Crippen LogP contribution is 2.15. The molecule has 0 aromatic carbocycles. The van der Waals surface area contributed by atoms with Crippen LogP contribution >= 0.6 is 0 Å². The van der Waals surface area contributed by atoms with E-state index in [0.717, 1.165) is 70.6 Å². The van der Waals surface area contributed by atoms with Gasteiger partial charge in [-0.25, -0.2) is 0 Å². The van der Waals surface area contributed by atoms with Crippen LogP contribution in [0.25, 0.3) is 0 Å². The Kier molecular flexibility index (Phi) is 44.9. The van der Waals surface area contributed by atoms with Gasteiger partial charge in [0.25, 0.3) is 0 Å². The van der Waals surface area contributed by atoms with Crippen molar-refractivity contribution in [2.24, 2.45) is 0 Å². The van der Waals surface area contributed by atoms with Gasteiger partial charge in [-0.1, -0.05) is 206 Å². The molecule has 0 aromatic heterocycles. The van der Waals surface area contributed by atoms with Gasteiger partial charge in [0.1, 0.15) is 13.2 Å². The first-order chi connectivity index (χ1) is 28.0. The number of carbonyl (C=O) groups excluding carboxylic acids is 3. The molecule has 0 amide bonds. The number of allylic oxidation sites excluding steroid dienone is 4. The molecule has 6 heteroatoms. The lowest BCUT2D eigenvalue weighted by atomic mass is 10.0. The molecule has 0 aliphatic carbocycles. The summed E-state index contributed by atoms with van der Waals surface area (Å²) in [5.41, 5.74) is 0. The first-order valence-electron chi connectivity index (χ1n) is 24.8. The summed E-state index contributed by atoms with van der Waals surface area (Å²) in [6.07, 6.45) is 51.5. The van der Waals surface area contributed by atoms with Gasteiger partial charge in [-0.3, -0.25) is 14.4 Å². The normalized spacial score (nSPS) is 12.1. The van der Waals surface area contributed by atoms with E-state index in [-0.39, 0.29) is 31.1 Å². The van der Waals surface area contributed by atoms with Crippen molar-refractivity contribution in [3.63, 3.8) is 0 Å². The Balaban J connectivity index is 4.33. The molecule has 334 valence electrons. The zero-order valence-electron chi connectivity index (χ0n) is 38.1. The molecule has 57 heavy (non-hydrogen) atoms. The summed E-state index contributed by atoms with van der Waals surface area (Å²) in [4.78, 5) is 37.8. The van der Waals surface area contributed by atoms with Gasteiger partial charge in [-0.15, -0.1) is 0 Å². The first-order valence-corrected chi connectivity index (χ1v) is 24.8. The largest absolute Gasteiger partial charge is 0.462 e. The fraction of sp³-hybridized carbons (Fsp3) is 0.863. The second-order valence-corrected chi connectivity index (χ2v) is 16.7. The number of ether oxygens (including phenoxy) is 3. The molecule has 0 saturated carbocycles. The maximum atomic E-state index is 12.7. The van der Waals surface area contributed by atoms with Crippen molar-refractivity contribution in [3.8, 4) is 0 Å². The molecular formula is C51H94O6. The average Bonchev–Trinajstić information content (AvgIpc) is 3.21. The van der Waals surface area contributed by atoms with Gasteiger partial charge in [-0.2, -0.15) is 0 Å². The highest BCUT2D eigenvalue weighted by Gasteiger charge is 2.19. The van der Waals surface area contributed by atoms with E-state index in [2.05, 4.69) is 45.1 Å². The van der Waals surface area contributed by atoms with E-state index in [1.54, 1.807) is 0 Å². The Hall–Kier alpha value is -2.11. The third kappa shape index (κ3) is 44.8. The third-order valence-electron chi connectivity index (χ3n) is 10.9. The van der Waals surface area contributed by atoms with Crippen LogP contribution in [0.3, 0.4) is 0 Å². The second kappa shape index (κ2) is 46.6. The number of rotatable bonds is 45. The van der Waals surface area contributed by atoms with Gasteiger partial charge in [0.2, 0.25) is 0 Å². The Morgan fingerprint density at radius 1 is 0.333 bits per heavy atom. The minimum absolute atomic E-state index is 0.0726. The number of unbranched alkanes of at least 4 members (excludes halogenated alkanes) is 30. The highest BCUT2D eigenvalue weighted by molar-refractivity contribution is 5.71. The van der Waals surface area contributed by atoms with Crippen molar-refractivity contribution in [1.29, 1.82) is 0 Å². The van der Waals surface area contributed by atoms with Crippen molar-refractivity contribution in [3.05, 3.63) is 24.3 Å². The van der Waals surface area contributed by atoms with Crippen LogP contribution in [-0.2, 0) is 28.6 Å². The van der Waals surface area contributed by atoms with E-state index >= 15 is 0 Å². The molecule has 0 spiro atoms. The van der Waals surface area contributed by atoms with Gasteiger partial charge in [0.05, 0.1) is 0 Å². The highest BCUT2D eigenvalue weighted by atomic mass is 16.6. The van der Waals surface area contributed by atoms with Gasteiger partial charge in [-0.05, 0) is 64.2 Å². The number of carbonyl (C=O) groups is 3. The van der Waals surface area contributed by atoms with Crippen LogP contribution in [0, 0.1) is 0 Å². The monoisotopic (exact) mass is 803 g/mol. The Morgan fingerprint density at radius 2 is 0.596 bits per heavy atom. The summed E-state index contributed by atoms with van der Waals surface area (Å²) in [6, 6.07) is 0. The van der Waals surface area contributed by atoms with Crippen molar-refractivity contribution in [2.45, 2.75) is 271 Å². The number of hydrogen-bond donors (Lipinski definition) is 0. The summed E-state index contributed by atoms with van der Waals surface area (Å²) < 4.78 is 16.8. The maximum absolute atomic E-state index is 12.7. The zero-order chi connectivity index (χ0) is 41.5. The maximum Gasteiger partial charge on any atom is 0.306 e. The summed E-state index contributed by atoms with van der Waals surface area (Å²) in [5.74, 6) is -0.878. The summed E-state index contributed by atoms with van der Waals surface area (Å²) in [5, 5.41) is 0. The van der Waals surface area contributed by atoms with Crippen LogP contribution in [0.1, 0.15) is 265 Å². The Bertz CT molecular complexity index is 927. The standard InChI is InChI=1S/C51H94O6/c1-4-7-10-13-16-19-22-24-25-27-30-32-35-38-41-44-50(53)56-47-48(57-51(54)45-42-39-36-33-28-21-18-15-12-9-6-3)46-55-49(52)43-40-37-34-31-29-26-23-20-17-14-11-8-5-2/h15,18-19,22,48H,4-14,16-17,20-21,23-47H2,1-3H3/b18-15-,22-19-/t48-/m0/s1. The van der Waals surface area contributed by atoms with E-state index in [1.807, 2.05) is 0 Å². The third-order valence-corrected chi connectivity index (χ3v) is 10.9. The summed E-state index contributed by atoms with van der Waals surface area (Å²) in [6.45, 7) is 6.59. The molecule has 0 bridgehead atoms. The molecule has 0 aliphatic rings. The second-order valence-electron chi connectivity index (χ2n) is 16.7. The molecule has 0 heterocycles. The molecule has 0 radical (unpaired) electrons. The molecule has 0 rings (SSSR count). The molecule has 6 nitrogen and oxygen atoms in total. The van der Waals surface area contributed by atoms with Gasteiger partial charge < -0.3 is 14.2 Å². The summed E-state index contributed by atoms with van der Waals surface area (Å²) >= 11 is 0. The Morgan fingerprint density at radius 3 is 0.947 bits per heavy atom. The van der Waals surface area contributed by atoms with Gasteiger partial charge in [0.15, 0.2) is 6.10 Å². The van der Waals surface area contributed by atoms with Crippen molar-refractivity contribution >= 4 is 17.9 Å². The fourth-order valence-corrected chi connectivity index (χ4v) is 7.12. The van der Waals surface area contributed by atoms with Crippen LogP contribution in [-0.4, -0.2) is 37.2 Å². The van der Waals surface area contributed by atoms with Crippen LogP contribution in [0.4, 0.5) is 0 Å². The SMILES string of the molecule is CCCC/C=C\CCCCCCCC(=O)O[C@H](COC(=O)CCCCCCCCC/C=C\CCCCCC)COC(=O)CCCCCCCCCCCCCCC. The van der Waals surface area contributed by atoms with Gasteiger partial charge >= 0.3 is 17.9 Å². The fourth-order valence-electron chi connectivity index (χ4n) is 7.12.